The van der Waals surface area contributed by atoms with Crippen molar-refractivity contribution in [2.75, 3.05) is 24.6 Å². The van der Waals surface area contributed by atoms with E-state index in [0.717, 1.165) is 18.1 Å². The van der Waals surface area contributed by atoms with Crippen molar-refractivity contribution in [1.29, 1.82) is 0 Å². The van der Waals surface area contributed by atoms with E-state index in [-0.39, 0.29) is 12.7 Å². The summed E-state index contributed by atoms with van der Waals surface area (Å²) in [5.41, 5.74) is 0.766. The molecule has 3 nitrogen and oxygen atoms in total. The fourth-order valence-corrected chi connectivity index (χ4v) is 3.91. The highest BCUT2D eigenvalue weighted by molar-refractivity contribution is 6.30. The van der Waals surface area contributed by atoms with Crippen LogP contribution >= 0.6 is 11.6 Å². The zero-order chi connectivity index (χ0) is 13.0. The Kier molecular flexibility index (Phi) is 2.47. The number of ether oxygens (including phenoxy) is 1. The molecule has 0 aliphatic carbocycles. The third-order valence-electron chi connectivity index (χ3n) is 4.78. The lowest BCUT2D eigenvalue weighted by Crippen LogP contribution is -2.39. The quantitative estimate of drug-likeness (QED) is 0.841. The maximum Gasteiger partial charge on any atom is 0.115 e. The Labute approximate surface area is 117 Å². The number of aliphatic hydroxyl groups excluding tert-OH is 1. The molecule has 3 heterocycles. The number of rotatable bonds is 2. The molecule has 0 aromatic heterocycles. The van der Waals surface area contributed by atoms with E-state index in [1.807, 2.05) is 12.1 Å². The lowest BCUT2D eigenvalue weighted by Gasteiger charge is -2.28. The smallest absolute Gasteiger partial charge is 0.115 e. The number of anilines is 1. The van der Waals surface area contributed by atoms with Gasteiger partial charge in [-0.05, 0) is 24.3 Å². The first-order chi connectivity index (χ1) is 9.22. The molecule has 4 unspecified atom stereocenters. The summed E-state index contributed by atoms with van der Waals surface area (Å²) in [7, 11) is 0. The molecular formula is C15H16ClNO2. The van der Waals surface area contributed by atoms with Crippen molar-refractivity contribution < 1.29 is 9.84 Å². The van der Waals surface area contributed by atoms with Crippen LogP contribution in [0.4, 0.5) is 5.69 Å². The van der Waals surface area contributed by atoms with Crippen molar-refractivity contribution in [3.63, 3.8) is 0 Å². The fraction of sp³-hybridized carbons (Fsp3) is 0.467. The predicted molar refractivity (Wildman–Crippen MR) is 74.5 cm³/mol. The molecule has 0 spiro atoms. The summed E-state index contributed by atoms with van der Waals surface area (Å²) >= 11 is 5.93. The summed E-state index contributed by atoms with van der Waals surface area (Å²) in [6.07, 6.45) is 4.35. The SMILES string of the molecule is OCC12C=CC(O1)C1CN(c3ccc(Cl)cc3)CC12. The Balaban J connectivity index is 1.60. The van der Waals surface area contributed by atoms with Crippen LogP contribution in [-0.2, 0) is 4.74 Å². The van der Waals surface area contributed by atoms with E-state index in [4.69, 9.17) is 16.3 Å². The number of fused-ring (bicyclic) bond motifs is 5. The van der Waals surface area contributed by atoms with E-state index >= 15 is 0 Å². The van der Waals surface area contributed by atoms with Crippen LogP contribution in [0.2, 0.25) is 5.02 Å². The zero-order valence-corrected chi connectivity index (χ0v) is 11.3. The Bertz CT molecular complexity index is 529. The minimum Gasteiger partial charge on any atom is -0.393 e. The van der Waals surface area contributed by atoms with E-state index in [1.165, 1.54) is 5.69 Å². The van der Waals surface area contributed by atoms with E-state index in [0.29, 0.717) is 11.8 Å². The zero-order valence-electron chi connectivity index (χ0n) is 10.5. The molecule has 4 rings (SSSR count). The highest BCUT2D eigenvalue weighted by Gasteiger charge is 2.59. The van der Waals surface area contributed by atoms with Gasteiger partial charge in [0.2, 0.25) is 0 Å². The van der Waals surface area contributed by atoms with Gasteiger partial charge in [0.15, 0.2) is 0 Å². The second-order valence-electron chi connectivity index (χ2n) is 5.71. The first-order valence-corrected chi connectivity index (χ1v) is 7.08. The molecule has 100 valence electrons. The number of nitrogens with zero attached hydrogens (tertiary/aromatic N) is 1. The van der Waals surface area contributed by atoms with Gasteiger partial charge in [-0.3, -0.25) is 0 Å². The standard InChI is InChI=1S/C15H16ClNO2/c16-10-1-3-11(4-2-10)17-7-12-13(8-17)15(9-18)6-5-14(12)19-15/h1-6,12-14,18H,7-9H2. The largest absolute Gasteiger partial charge is 0.393 e. The average Bonchev–Trinajstić information content (AvgIpc) is 3.10. The summed E-state index contributed by atoms with van der Waals surface area (Å²) in [4.78, 5) is 2.37. The Morgan fingerprint density at radius 2 is 2.11 bits per heavy atom. The maximum atomic E-state index is 9.67. The van der Waals surface area contributed by atoms with Gasteiger partial charge in [-0.2, -0.15) is 0 Å². The normalized spacial score (nSPS) is 39.1. The van der Waals surface area contributed by atoms with Crippen molar-refractivity contribution in [3.8, 4) is 0 Å². The van der Waals surface area contributed by atoms with Crippen LogP contribution in [0.1, 0.15) is 0 Å². The Morgan fingerprint density at radius 1 is 1.32 bits per heavy atom. The molecule has 2 saturated heterocycles. The number of hydrogen-bond donors (Lipinski definition) is 1. The van der Waals surface area contributed by atoms with Gasteiger partial charge in [-0.15, -0.1) is 0 Å². The lowest BCUT2D eigenvalue weighted by molar-refractivity contribution is -0.0281. The van der Waals surface area contributed by atoms with Crippen LogP contribution in [0.5, 0.6) is 0 Å². The van der Waals surface area contributed by atoms with Gasteiger partial charge < -0.3 is 14.7 Å². The van der Waals surface area contributed by atoms with Crippen molar-refractivity contribution >= 4 is 17.3 Å². The monoisotopic (exact) mass is 277 g/mol. The summed E-state index contributed by atoms with van der Waals surface area (Å²) in [6, 6.07) is 7.97. The van der Waals surface area contributed by atoms with Gasteiger partial charge in [-0.25, -0.2) is 0 Å². The number of hydrogen-bond acceptors (Lipinski definition) is 3. The molecule has 3 aliphatic heterocycles. The van der Waals surface area contributed by atoms with Crippen molar-refractivity contribution in [3.05, 3.63) is 41.4 Å². The molecule has 4 heteroatoms. The molecule has 2 fully saturated rings. The van der Waals surface area contributed by atoms with Crippen molar-refractivity contribution in [1.82, 2.24) is 0 Å². The van der Waals surface area contributed by atoms with E-state index < -0.39 is 5.60 Å². The van der Waals surface area contributed by atoms with Gasteiger partial charge in [0, 0.05) is 35.6 Å². The Morgan fingerprint density at radius 3 is 2.84 bits per heavy atom. The fourth-order valence-electron chi connectivity index (χ4n) is 3.78. The molecule has 1 aromatic rings. The Hall–Kier alpha value is -1.03. The molecule has 0 saturated carbocycles. The van der Waals surface area contributed by atoms with Crippen LogP contribution in [0.3, 0.4) is 0 Å². The molecule has 3 aliphatic rings. The molecule has 19 heavy (non-hydrogen) atoms. The van der Waals surface area contributed by atoms with Gasteiger partial charge in [0.25, 0.3) is 0 Å². The lowest BCUT2D eigenvalue weighted by atomic mass is 9.78. The van der Waals surface area contributed by atoms with Crippen LogP contribution in [0, 0.1) is 11.8 Å². The highest BCUT2D eigenvalue weighted by atomic mass is 35.5. The first-order valence-electron chi connectivity index (χ1n) is 6.70. The topological polar surface area (TPSA) is 32.7 Å². The second kappa shape index (κ2) is 3.98. The van der Waals surface area contributed by atoms with Crippen molar-refractivity contribution in [2.45, 2.75) is 11.7 Å². The average molecular weight is 278 g/mol. The van der Waals surface area contributed by atoms with E-state index in [2.05, 4.69) is 29.2 Å². The minimum atomic E-state index is -0.434. The summed E-state index contributed by atoms with van der Waals surface area (Å²) < 4.78 is 5.97. The predicted octanol–water partition coefficient (Wildman–Crippen LogP) is 2.09. The summed E-state index contributed by atoms with van der Waals surface area (Å²) in [5, 5.41) is 10.4. The van der Waals surface area contributed by atoms with Gasteiger partial charge in [0.05, 0.1) is 12.7 Å². The van der Waals surface area contributed by atoms with Crippen LogP contribution in [-0.4, -0.2) is 36.5 Å². The van der Waals surface area contributed by atoms with E-state index in [1.54, 1.807) is 0 Å². The second-order valence-corrected chi connectivity index (χ2v) is 6.14. The molecular weight excluding hydrogens is 262 g/mol. The van der Waals surface area contributed by atoms with Crippen molar-refractivity contribution in [2.24, 2.45) is 11.8 Å². The molecule has 4 atom stereocenters. The highest BCUT2D eigenvalue weighted by Crippen LogP contribution is 2.50. The molecule has 2 bridgehead atoms. The van der Waals surface area contributed by atoms with E-state index in [9.17, 15) is 5.11 Å². The van der Waals surface area contributed by atoms with Gasteiger partial charge in [-0.1, -0.05) is 23.8 Å². The van der Waals surface area contributed by atoms with Crippen LogP contribution < -0.4 is 4.90 Å². The molecule has 0 amide bonds. The van der Waals surface area contributed by atoms with Gasteiger partial charge in [0.1, 0.15) is 5.60 Å². The molecule has 1 aromatic carbocycles. The summed E-state index contributed by atoms with van der Waals surface area (Å²) in [5.74, 6) is 0.885. The number of aliphatic hydroxyl groups is 1. The summed E-state index contributed by atoms with van der Waals surface area (Å²) in [6.45, 7) is 2.01. The minimum absolute atomic E-state index is 0.0790. The third-order valence-corrected chi connectivity index (χ3v) is 5.03. The van der Waals surface area contributed by atoms with Crippen LogP contribution in [0.25, 0.3) is 0 Å². The molecule has 1 N–H and O–H groups in total. The third kappa shape index (κ3) is 1.59. The maximum absolute atomic E-state index is 9.67. The molecule has 0 radical (unpaired) electrons. The number of benzene rings is 1. The number of halogens is 1. The first kappa shape index (κ1) is 11.8. The van der Waals surface area contributed by atoms with Crippen LogP contribution in [0.15, 0.2) is 36.4 Å². The van der Waals surface area contributed by atoms with Gasteiger partial charge >= 0.3 is 0 Å².